The van der Waals surface area contributed by atoms with Crippen LogP contribution in [0.25, 0.3) is 0 Å². The lowest BCUT2D eigenvalue weighted by molar-refractivity contribution is -0.169. The summed E-state index contributed by atoms with van der Waals surface area (Å²) in [5.41, 5.74) is -0.936. The molecule has 0 amide bonds. The van der Waals surface area contributed by atoms with Gasteiger partial charge >= 0.3 is 5.97 Å². The number of rotatable bonds is 7. The van der Waals surface area contributed by atoms with Crippen molar-refractivity contribution in [1.29, 1.82) is 0 Å². The van der Waals surface area contributed by atoms with E-state index in [1.54, 1.807) is 0 Å². The van der Waals surface area contributed by atoms with Gasteiger partial charge in [-0.1, -0.05) is 41.5 Å². The van der Waals surface area contributed by atoms with Gasteiger partial charge in [0.1, 0.15) is 6.10 Å². The number of carbonyl (C=O) groups is 1. The molecule has 1 saturated heterocycles. The van der Waals surface area contributed by atoms with Gasteiger partial charge in [0.15, 0.2) is 22.7 Å². The Morgan fingerprint density at radius 1 is 1.10 bits per heavy atom. The average molecular weight is 449 g/mol. The van der Waals surface area contributed by atoms with Crippen LogP contribution in [0.1, 0.15) is 54.9 Å². The van der Waals surface area contributed by atoms with E-state index in [0.29, 0.717) is 6.42 Å². The Morgan fingerprint density at radius 2 is 1.59 bits per heavy atom. The highest BCUT2D eigenvalue weighted by Crippen LogP contribution is 2.43. The second kappa shape index (κ2) is 8.71. The van der Waals surface area contributed by atoms with Crippen molar-refractivity contribution in [3.8, 4) is 0 Å². The van der Waals surface area contributed by atoms with Crippen LogP contribution in [0.2, 0.25) is 36.3 Å². The largest absolute Gasteiger partial charge is 0.467 e. The molecule has 1 fully saturated rings. The molecule has 0 bridgehead atoms. The van der Waals surface area contributed by atoms with Gasteiger partial charge < -0.3 is 23.4 Å². The van der Waals surface area contributed by atoms with E-state index in [1.165, 1.54) is 7.11 Å². The van der Waals surface area contributed by atoms with Crippen LogP contribution in [0.4, 0.5) is 0 Å². The third-order valence-corrected chi connectivity index (χ3v) is 16.1. The highest BCUT2D eigenvalue weighted by molar-refractivity contribution is 6.74. The first-order valence-electron chi connectivity index (χ1n) is 10.5. The summed E-state index contributed by atoms with van der Waals surface area (Å²) in [7, 11) is -2.79. The molecular formula is C21H44O6Si2. The van der Waals surface area contributed by atoms with Gasteiger partial charge in [-0.25, -0.2) is 4.79 Å². The second-order valence-corrected chi connectivity index (χ2v) is 21.1. The number of ether oxygens (including phenoxy) is 2. The minimum absolute atomic E-state index is 0.00325. The van der Waals surface area contributed by atoms with Crippen LogP contribution in [0.5, 0.6) is 0 Å². The predicted molar refractivity (Wildman–Crippen MR) is 121 cm³/mol. The second-order valence-electron chi connectivity index (χ2n) is 11.6. The molecule has 0 saturated carbocycles. The molecule has 0 spiro atoms. The van der Waals surface area contributed by atoms with E-state index in [0.717, 1.165) is 0 Å². The number of carbonyl (C=O) groups excluding carboxylic acids is 1. The summed E-state index contributed by atoms with van der Waals surface area (Å²) in [6.07, 6.45) is -1.74. The van der Waals surface area contributed by atoms with Crippen LogP contribution in [-0.2, 0) is 23.1 Å². The smallest absolute Gasteiger partial charge is 0.337 e. The number of hydrogen-bond donors (Lipinski definition) is 1. The molecule has 1 aliphatic heterocycles. The van der Waals surface area contributed by atoms with Crippen LogP contribution in [0, 0.1) is 0 Å². The van der Waals surface area contributed by atoms with Crippen molar-refractivity contribution in [3.63, 3.8) is 0 Å². The molecule has 0 unspecified atom stereocenters. The number of aliphatic hydroxyl groups excluding tert-OH is 1. The third-order valence-electron chi connectivity index (χ3n) is 7.14. The molecule has 29 heavy (non-hydrogen) atoms. The minimum atomic E-state index is -2.13. The lowest BCUT2D eigenvalue weighted by atomic mass is 9.94. The summed E-state index contributed by atoms with van der Waals surface area (Å²) in [6.45, 7) is 23.6. The van der Waals surface area contributed by atoms with Crippen molar-refractivity contribution in [3.05, 3.63) is 0 Å². The molecule has 8 heteroatoms. The monoisotopic (exact) mass is 448 g/mol. The quantitative estimate of drug-likeness (QED) is 0.457. The zero-order valence-corrected chi connectivity index (χ0v) is 22.6. The average Bonchev–Trinajstić information content (AvgIpc) is 2.87. The normalized spacial score (nSPS) is 27.8. The van der Waals surface area contributed by atoms with E-state index in [1.807, 2.05) is 6.92 Å². The molecule has 0 aliphatic carbocycles. The molecule has 4 atom stereocenters. The summed E-state index contributed by atoms with van der Waals surface area (Å²) in [5.74, 6) is -0.463. The fourth-order valence-electron chi connectivity index (χ4n) is 2.79. The Bertz CT molecular complexity index is 579. The van der Waals surface area contributed by atoms with Crippen LogP contribution in [0.15, 0.2) is 0 Å². The summed E-state index contributed by atoms with van der Waals surface area (Å²) in [4.78, 5) is 12.4. The van der Waals surface area contributed by atoms with Gasteiger partial charge in [0.2, 0.25) is 0 Å². The van der Waals surface area contributed by atoms with Crippen molar-refractivity contribution < 1.29 is 28.2 Å². The Kier molecular flexibility index (Phi) is 8.04. The summed E-state index contributed by atoms with van der Waals surface area (Å²) in [5, 5.41) is 11.0. The van der Waals surface area contributed by atoms with Crippen molar-refractivity contribution in [2.45, 2.75) is 115 Å². The molecule has 0 aromatic heterocycles. The Labute approximate surface area is 179 Å². The van der Waals surface area contributed by atoms with E-state index in [-0.39, 0.29) is 16.7 Å². The lowest BCUT2D eigenvalue weighted by Crippen LogP contribution is -2.48. The van der Waals surface area contributed by atoms with Gasteiger partial charge in [0, 0.05) is 6.42 Å². The molecular weight excluding hydrogens is 404 g/mol. The van der Waals surface area contributed by atoms with Crippen molar-refractivity contribution in [2.24, 2.45) is 0 Å². The highest BCUT2D eigenvalue weighted by atomic mass is 28.4. The maximum absolute atomic E-state index is 12.4. The highest BCUT2D eigenvalue weighted by Gasteiger charge is 2.54. The first-order valence-corrected chi connectivity index (χ1v) is 16.3. The maximum Gasteiger partial charge on any atom is 0.337 e. The van der Waals surface area contributed by atoms with Crippen molar-refractivity contribution in [1.82, 2.24) is 0 Å². The number of aliphatic hydroxyl groups is 1. The van der Waals surface area contributed by atoms with Gasteiger partial charge in [-0.3, -0.25) is 0 Å². The predicted octanol–water partition coefficient (Wildman–Crippen LogP) is 4.48. The molecule has 6 nitrogen and oxygen atoms in total. The molecule has 0 aromatic rings. The van der Waals surface area contributed by atoms with Gasteiger partial charge in [0.05, 0.1) is 25.4 Å². The van der Waals surface area contributed by atoms with E-state index < -0.39 is 46.5 Å². The Balaban J connectivity index is 3.00. The Morgan fingerprint density at radius 3 is 2.00 bits per heavy atom. The van der Waals surface area contributed by atoms with Crippen LogP contribution < -0.4 is 0 Å². The summed E-state index contributed by atoms with van der Waals surface area (Å²) in [6, 6.07) is 0. The standard InChI is InChI=1S/C21H44O6Si2/c1-19(2,3)28(9,10)25-14-16(22)21(7)13-15(17(26-21)18(23)24-8)27-29(11,12)20(4,5)6/h15-17,22H,13-14H2,1-12H3/t15-,16+,17+,21-/m1/s1. The molecule has 1 heterocycles. The number of methoxy groups -OCH3 is 1. The molecule has 172 valence electrons. The molecule has 1 rings (SSSR count). The van der Waals surface area contributed by atoms with Crippen LogP contribution >= 0.6 is 0 Å². The van der Waals surface area contributed by atoms with Crippen LogP contribution in [0.3, 0.4) is 0 Å². The van der Waals surface area contributed by atoms with Gasteiger partial charge in [-0.2, -0.15) is 0 Å². The lowest BCUT2D eigenvalue weighted by Gasteiger charge is -2.39. The summed E-state index contributed by atoms with van der Waals surface area (Å²) >= 11 is 0. The minimum Gasteiger partial charge on any atom is -0.467 e. The number of hydrogen-bond acceptors (Lipinski definition) is 6. The summed E-state index contributed by atoms with van der Waals surface area (Å²) < 4.78 is 23.8. The number of esters is 1. The maximum atomic E-state index is 12.4. The zero-order valence-electron chi connectivity index (χ0n) is 20.6. The third kappa shape index (κ3) is 6.14. The van der Waals surface area contributed by atoms with Gasteiger partial charge in [-0.15, -0.1) is 0 Å². The van der Waals surface area contributed by atoms with Crippen molar-refractivity contribution in [2.75, 3.05) is 13.7 Å². The topological polar surface area (TPSA) is 74.2 Å². The first kappa shape index (κ1) is 26.8. The zero-order chi connectivity index (χ0) is 23.1. The fraction of sp³-hybridized carbons (Fsp3) is 0.952. The molecule has 0 aromatic carbocycles. The fourth-order valence-corrected chi connectivity index (χ4v) is 5.11. The molecule has 0 radical (unpaired) electrons. The van der Waals surface area contributed by atoms with E-state index in [9.17, 15) is 9.90 Å². The van der Waals surface area contributed by atoms with Gasteiger partial charge in [-0.05, 0) is 43.2 Å². The van der Waals surface area contributed by atoms with E-state index >= 15 is 0 Å². The van der Waals surface area contributed by atoms with Crippen LogP contribution in [-0.4, -0.2) is 65.3 Å². The van der Waals surface area contributed by atoms with E-state index in [4.69, 9.17) is 18.3 Å². The first-order chi connectivity index (χ1) is 12.8. The molecule has 1 aliphatic rings. The van der Waals surface area contributed by atoms with E-state index in [2.05, 4.69) is 67.7 Å². The molecule has 1 N–H and O–H groups in total. The SMILES string of the molecule is COC(=O)[C@H]1O[C@@](C)([C@@H](O)CO[Si](C)(C)C(C)(C)C)C[C@H]1O[Si](C)(C)C(C)(C)C. The van der Waals surface area contributed by atoms with Crippen molar-refractivity contribution >= 4 is 22.6 Å². The Hall–Kier alpha value is -0.256. The van der Waals surface area contributed by atoms with Gasteiger partial charge in [0.25, 0.3) is 0 Å².